The molecule has 23 heavy (non-hydrogen) atoms. The molecule has 2 aromatic rings. The molecule has 1 aliphatic rings. The number of thiocarbonyl (C=S) groups is 1. The number of esters is 1. The van der Waals surface area contributed by atoms with E-state index in [1.807, 2.05) is 24.3 Å². The molecule has 0 bridgehead atoms. The van der Waals surface area contributed by atoms with Crippen molar-refractivity contribution in [3.8, 4) is 0 Å². The topological polar surface area (TPSA) is 41.6 Å². The first kappa shape index (κ1) is 15.5. The molecule has 3 rings (SSSR count). The number of hydrogen-bond acceptors (Lipinski definition) is 3. The number of fused-ring (bicyclic) bond motifs is 1. The number of hydrogen-bond donors (Lipinski definition) is 1. The number of carbonyl (C=O) groups is 1. The molecule has 0 aliphatic carbocycles. The van der Waals surface area contributed by atoms with Crippen LogP contribution in [0.4, 0.5) is 11.4 Å². The second kappa shape index (κ2) is 6.79. The van der Waals surface area contributed by atoms with Gasteiger partial charge in [-0.3, -0.25) is 0 Å². The molecule has 2 aromatic carbocycles. The molecule has 0 saturated heterocycles. The van der Waals surface area contributed by atoms with Crippen molar-refractivity contribution in [3.05, 3.63) is 59.7 Å². The lowest BCUT2D eigenvalue weighted by Gasteiger charge is -2.21. The summed E-state index contributed by atoms with van der Waals surface area (Å²) in [4.78, 5) is 13.7. The summed E-state index contributed by atoms with van der Waals surface area (Å²) in [5, 5.41) is 3.89. The molecular weight excluding hydrogens is 308 g/mol. The Morgan fingerprint density at radius 3 is 2.70 bits per heavy atom. The average molecular weight is 326 g/mol. The zero-order valence-electron chi connectivity index (χ0n) is 12.9. The minimum Gasteiger partial charge on any atom is -0.462 e. The molecule has 0 saturated carbocycles. The lowest BCUT2D eigenvalue weighted by molar-refractivity contribution is 0.0526. The van der Waals surface area contributed by atoms with Crippen LogP contribution in [0, 0.1) is 0 Å². The van der Waals surface area contributed by atoms with Crippen molar-refractivity contribution in [2.24, 2.45) is 0 Å². The summed E-state index contributed by atoms with van der Waals surface area (Å²) in [5.74, 6) is -0.310. The summed E-state index contributed by atoms with van der Waals surface area (Å²) in [6.07, 6.45) is 1.000. The lowest BCUT2D eigenvalue weighted by Crippen LogP contribution is -2.33. The zero-order chi connectivity index (χ0) is 16.2. The highest BCUT2D eigenvalue weighted by atomic mass is 32.1. The van der Waals surface area contributed by atoms with Crippen LogP contribution in [0.1, 0.15) is 22.8 Å². The van der Waals surface area contributed by atoms with Gasteiger partial charge >= 0.3 is 5.97 Å². The minimum absolute atomic E-state index is 0.310. The van der Waals surface area contributed by atoms with Crippen LogP contribution >= 0.6 is 12.2 Å². The van der Waals surface area contributed by atoms with Crippen LogP contribution in [0.5, 0.6) is 0 Å². The average Bonchev–Trinajstić information content (AvgIpc) is 3.00. The van der Waals surface area contributed by atoms with Crippen molar-refractivity contribution >= 4 is 34.7 Å². The van der Waals surface area contributed by atoms with E-state index in [-0.39, 0.29) is 5.97 Å². The van der Waals surface area contributed by atoms with E-state index in [0.717, 1.165) is 24.3 Å². The summed E-state index contributed by atoms with van der Waals surface area (Å²) in [5.41, 5.74) is 3.87. The molecule has 5 heteroatoms. The Morgan fingerprint density at radius 2 is 1.96 bits per heavy atom. The molecule has 118 valence electrons. The van der Waals surface area contributed by atoms with Gasteiger partial charge in [-0.15, -0.1) is 0 Å². The Labute approximate surface area is 141 Å². The fourth-order valence-corrected chi connectivity index (χ4v) is 2.95. The summed E-state index contributed by atoms with van der Waals surface area (Å²) in [7, 11) is 0. The maximum absolute atomic E-state index is 11.6. The standard InChI is InChI=1S/C18H18N2O2S/c1-2-22-17(21)14-7-9-15(10-8-14)19-18(23)20-12-11-13-5-3-4-6-16(13)20/h3-10H,2,11-12H2,1H3,(H,19,23). The Hall–Kier alpha value is -2.40. The highest BCUT2D eigenvalue weighted by Crippen LogP contribution is 2.28. The maximum atomic E-state index is 11.6. The van der Waals surface area contributed by atoms with Crippen LogP contribution < -0.4 is 10.2 Å². The van der Waals surface area contributed by atoms with Gasteiger partial charge in [0.05, 0.1) is 12.2 Å². The number of nitrogens with one attached hydrogen (secondary N) is 1. The Morgan fingerprint density at radius 1 is 1.22 bits per heavy atom. The summed E-state index contributed by atoms with van der Waals surface area (Å²) in [6, 6.07) is 15.4. The number of ether oxygens (including phenoxy) is 1. The van der Waals surface area contributed by atoms with Crippen molar-refractivity contribution in [1.82, 2.24) is 0 Å². The quantitative estimate of drug-likeness (QED) is 0.689. The number of nitrogens with zero attached hydrogens (tertiary/aromatic N) is 1. The third kappa shape index (κ3) is 3.35. The third-order valence-electron chi connectivity index (χ3n) is 3.78. The molecule has 1 aliphatic heterocycles. The van der Waals surface area contributed by atoms with Crippen molar-refractivity contribution in [1.29, 1.82) is 0 Å². The second-order valence-electron chi connectivity index (χ2n) is 5.26. The fraction of sp³-hybridized carbons (Fsp3) is 0.222. The van der Waals surface area contributed by atoms with E-state index in [0.29, 0.717) is 17.3 Å². The van der Waals surface area contributed by atoms with Gasteiger partial charge in [-0.1, -0.05) is 18.2 Å². The molecule has 0 unspecified atom stereocenters. The molecule has 0 radical (unpaired) electrons. The van der Waals surface area contributed by atoms with Crippen LogP contribution in [0.3, 0.4) is 0 Å². The van der Waals surface area contributed by atoms with E-state index in [1.54, 1.807) is 19.1 Å². The molecule has 0 fully saturated rings. The molecule has 0 spiro atoms. The predicted molar refractivity (Wildman–Crippen MR) is 96.1 cm³/mol. The van der Waals surface area contributed by atoms with Crippen LogP contribution in [0.2, 0.25) is 0 Å². The summed E-state index contributed by atoms with van der Waals surface area (Å²) in [6.45, 7) is 3.05. The van der Waals surface area contributed by atoms with Gasteiger partial charge < -0.3 is 15.0 Å². The predicted octanol–water partition coefficient (Wildman–Crippen LogP) is 3.62. The lowest BCUT2D eigenvalue weighted by atomic mass is 10.2. The normalized spacial score (nSPS) is 12.7. The van der Waals surface area contributed by atoms with E-state index in [4.69, 9.17) is 17.0 Å². The summed E-state index contributed by atoms with van der Waals surface area (Å²) < 4.78 is 4.98. The monoisotopic (exact) mass is 326 g/mol. The van der Waals surface area contributed by atoms with Crippen LogP contribution in [0.25, 0.3) is 0 Å². The van der Waals surface area contributed by atoms with Gasteiger partial charge in [0.25, 0.3) is 0 Å². The largest absolute Gasteiger partial charge is 0.462 e. The molecule has 1 N–H and O–H groups in total. The van der Waals surface area contributed by atoms with Gasteiger partial charge in [-0.05, 0) is 61.5 Å². The van der Waals surface area contributed by atoms with Gasteiger partial charge in [-0.2, -0.15) is 0 Å². The van der Waals surface area contributed by atoms with Crippen molar-refractivity contribution in [2.45, 2.75) is 13.3 Å². The highest BCUT2D eigenvalue weighted by molar-refractivity contribution is 7.80. The third-order valence-corrected chi connectivity index (χ3v) is 4.10. The van der Waals surface area contributed by atoms with Gasteiger partial charge in [-0.25, -0.2) is 4.79 Å². The number of rotatable bonds is 3. The number of anilines is 2. The van der Waals surface area contributed by atoms with E-state index in [2.05, 4.69) is 22.3 Å². The van der Waals surface area contributed by atoms with Crippen LogP contribution in [0.15, 0.2) is 48.5 Å². The zero-order valence-corrected chi connectivity index (χ0v) is 13.7. The SMILES string of the molecule is CCOC(=O)c1ccc(NC(=S)N2CCc3ccccc32)cc1. The first-order valence-corrected chi connectivity index (χ1v) is 8.03. The number of benzene rings is 2. The maximum Gasteiger partial charge on any atom is 0.338 e. The molecule has 4 nitrogen and oxygen atoms in total. The Kier molecular flexibility index (Phi) is 4.57. The Bertz CT molecular complexity index is 728. The van der Waals surface area contributed by atoms with E-state index < -0.39 is 0 Å². The van der Waals surface area contributed by atoms with Gasteiger partial charge in [0.1, 0.15) is 0 Å². The fourth-order valence-electron chi connectivity index (χ4n) is 2.64. The first-order valence-electron chi connectivity index (χ1n) is 7.62. The van der Waals surface area contributed by atoms with Crippen LogP contribution in [-0.4, -0.2) is 24.2 Å². The number of para-hydroxylation sites is 1. The second-order valence-corrected chi connectivity index (χ2v) is 5.65. The molecule has 0 atom stereocenters. The molecule has 0 aromatic heterocycles. The molecule has 0 amide bonds. The minimum atomic E-state index is -0.310. The molecular formula is C18H18N2O2S. The smallest absolute Gasteiger partial charge is 0.338 e. The van der Waals surface area contributed by atoms with E-state index in [9.17, 15) is 4.79 Å². The van der Waals surface area contributed by atoms with Gasteiger partial charge in [0.15, 0.2) is 5.11 Å². The number of carbonyl (C=O) groups excluding carboxylic acids is 1. The van der Waals surface area contributed by atoms with Gasteiger partial charge in [0, 0.05) is 17.9 Å². The van der Waals surface area contributed by atoms with Crippen molar-refractivity contribution < 1.29 is 9.53 Å². The highest BCUT2D eigenvalue weighted by Gasteiger charge is 2.21. The first-order chi connectivity index (χ1) is 11.2. The van der Waals surface area contributed by atoms with E-state index in [1.165, 1.54) is 5.56 Å². The Balaban J connectivity index is 1.68. The van der Waals surface area contributed by atoms with Crippen LogP contribution in [-0.2, 0) is 11.2 Å². The summed E-state index contributed by atoms with van der Waals surface area (Å²) >= 11 is 5.52. The van der Waals surface area contributed by atoms with Crippen molar-refractivity contribution in [2.75, 3.05) is 23.4 Å². The molecule has 1 heterocycles. The van der Waals surface area contributed by atoms with E-state index >= 15 is 0 Å². The van der Waals surface area contributed by atoms with Crippen molar-refractivity contribution in [3.63, 3.8) is 0 Å². The van der Waals surface area contributed by atoms with Gasteiger partial charge in [0.2, 0.25) is 0 Å².